The number of anilines is 1. The summed E-state index contributed by atoms with van der Waals surface area (Å²) >= 11 is 1.42. The third-order valence-corrected chi connectivity index (χ3v) is 4.09. The number of nitrogens with zero attached hydrogens (tertiary/aromatic N) is 1. The maximum Gasteiger partial charge on any atom is 0.341 e. The van der Waals surface area contributed by atoms with Crippen LogP contribution in [0.4, 0.5) is 9.80 Å². The van der Waals surface area contributed by atoms with Crippen molar-refractivity contribution in [3.63, 3.8) is 0 Å². The molecule has 5 nitrogen and oxygen atoms in total. The van der Waals surface area contributed by atoms with Crippen molar-refractivity contribution in [2.45, 2.75) is 34.1 Å². The smallest absolute Gasteiger partial charge is 0.341 e. The van der Waals surface area contributed by atoms with Crippen molar-refractivity contribution < 1.29 is 14.3 Å². The van der Waals surface area contributed by atoms with Gasteiger partial charge in [-0.05, 0) is 33.3 Å². The van der Waals surface area contributed by atoms with E-state index in [1.165, 1.54) is 11.3 Å². The molecule has 0 atom stereocenters. The molecule has 0 unspecified atom stereocenters. The van der Waals surface area contributed by atoms with E-state index in [0.29, 0.717) is 30.3 Å². The van der Waals surface area contributed by atoms with Crippen molar-refractivity contribution in [2.75, 3.05) is 25.0 Å². The second-order valence-electron chi connectivity index (χ2n) is 4.13. The predicted octanol–water partition coefficient (Wildman–Crippen LogP) is 3.36. The van der Waals surface area contributed by atoms with E-state index in [1.54, 1.807) is 17.9 Å². The van der Waals surface area contributed by atoms with Crippen LogP contribution in [-0.2, 0) is 11.2 Å². The summed E-state index contributed by atoms with van der Waals surface area (Å²) < 4.78 is 5.02. The SMILES string of the molecule is CCOC(=O)c1cc(CC)sc1NC(=O)N(CC)CC. The van der Waals surface area contributed by atoms with Gasteiger partial charge in [-0.1, -0.05) is 6.92 Å². The van der Waals surface area contributed by atoms with Crippen LogP contribution in [0, 0.1) is 0 Å². The van der Waals surface area contributed by atoms with Gasteiger partial charge >= 0.3 is 12.0 Å². The summed E-state index contributed by atoms with van der Waals surface area (Å²) in [6.45, 7) is 9.18. The number of esters is 1. The summed E-state index contributed by atoms with van der Waals surface area (Å²) in [5.41, 5.74) is 0.439. The highest BCUT2D eigenvalue weighted by atomic mass is 32.1. The van der Waals surface area contributed by atoms with Crippen LogP contribution in [0.3, 0.4) is 0 Å². The number of carbonyl (C=O) groups excluding carboxylic acids is 2. The summed E-state index contributed by atoms with van der Waals surface area (Å²) in [5.74, 6) is -0.390. The normalized spacial score (nSPS) is 10.2. The number of aryl methyl sites for hydroxylation is 1. The number of rotatable bonds is 6. The molecule has 0 saturated carbocycles. The van der Waals surface area contributed by atoms with Crippen LogP contribution in [0.15, 0.2) is 6.07 Å². The Hall–Kier alpha value is -1.56. The van der Waals surface area contributed by atoms with Gasteiger partial charge in [-0.2, -0.15) is 0 Å². The Labute approximate surface area is 123 Å². The van der Waals surface area contributed by atoms with Crippen molar-refractivity contribution in [3.05, 3.63) is 16.5 Å². The van der Waals surface area contributed by atoms with E-state index >= 15 is 0 Å². The van der Waals surface area contributed by atoms with Gasteiger partial charge in [-0.3, -0.25) is 5.32 Å². The van der Waals surface area contributed by atoms with Gasteiger partial charge < -0.3 is 9.64 Å². The molecule has 112 valence electrons. The summed E-state index contributed by atoms with van der Waals surface area (Å²) in [6.07, 6.45) is 0.818. The fourth-order valence-electron chi connectivity index (χ4n) is 1.76. The van der Waals surface area contributed by atoms with Gasteiger partial charge in [0.05, 0.1) is 12.2 Å². The molecule has 0 spiro atoms. The number of thiophene rings is 1. The Morgan fingerprint density at radius 1 is 1.25 bits per heavy atom. The summed E-state index contributed by atoms with van der Waals surface area (Å²) in [6, 6.07) is 1.60. The zero-order valence-electron chi connectivity index (χ0n) is 12.5. The highest BCUT2D eigenvalue weighted by Crippen LogP contribution is 2.29. The van der Waals surface area contributed by atoms with E-state index in [1.807, 2.05) is 20.8 Å². The second kappa shape index (κ2) is 7.89. The molecule has 0 radical (unpaired) electrons. The molecule has 0 aromatic carbocycles. The molecule has 0 fully saturated rings. The predicted molar refractivity (Wildman–Crippen MR) is 81.6 cm³/mol. The molecule has 0 aliphatic rings. The Balaban J connectivity index is 2.95. The molecule has 0 aliphatic carbocycles. The van der Waals surface area contributed by atoms with Crippen LogP contribution in [0.2, 0.25) is 0 Å². The lowest BCUT2D eigenvalue weighted by molar-refractivity contribution is 0.0528. The second-order valence-corrected chi connectivity index (χ2v) is 5.27. The van der Waals surface area contributed by atoms with Crippen molar-refractivity contribution in [1.29, 1.82) is 0 Å². The van der Waals surface area contributed by atoms with Gasteiger partial charge in [-0.25, -0.2) is 9.59 Å². The standard InChI is InChI=1S/C14H22N2O3S/c1-5-10-9-11(13(17)19-8-4)12(20-10)15-14(18)16(6-2)7-3/h9H,5-8H2,1-4H3,(H,15,18). The van der Waals surface area contributed by atoms with Crippen LogP contribution in [0.25, 0.3) is 0 Å². The van der Waals surface area contributed by atoms with E-state index < -0.39 is 5.97 Å². The Morgan fingerprint density at radius 3 is 2.40 bits per heavy atom. The molecule has 6 heteroatoms. The average molecular weight is 298 g/mol. The largest absolute Gasteiger partial charge is 0.462 e. The third kappa shape index (κ3) is 3.96. The van der Waals surface area contributed by atoms with Crippen molar-refractivity contribution in [3.8, 4) is 0 Å². The lowest BCUT2D eigenvalue weighted by Gasteiger charge is -2.18. The highest BCUT2D eigenvalue weighted by molar-refractivity contribution is 7.16. The van der Waals surface area contributed by atoms with E-state index in [2.05, 4.69) is 5.32 Å². The number of hydrogen-bond donors (Lipinski definition) is 1. The van der Waals surface area contributed by atoms with Gasteiger partial charge in [0.15, 0.2) is 0 Å². The first-order valence-electron chi connectivity index (χ1n) is 6.92. The molecule has 0 saturated heterocycles. The van der Waals surface area contributed by atoms with Crippen LogP contribution < -0.4 is 5.32 Å². The minimum atomic E-state index is -0.390. The highest BCUT2D eigenvalue weighted by Gasteiger charge is 2.20. The number of hydrogen-bond acceptors (Lipinski definition) is 4. The van der Waals surface area contributed by atoms with Crippen molar-refractivity contribution in [2.24, 2.45) is 0 Å². The zero-order valence-corrected chi connectivity index (χ0v) is 13.3. The Kier molecular flexibility index (Phi) is 6.51. The molecule has 2 amide bonds. The number of nitrogens with one attached hydrogen (secondary N) is 1. The average Bonchev–Trinajstić information content (AvgIpc) is 2.83. The van der Waals surface area contributed by atoms with E-state index in [9.17, 15) is 9.59 Å². The van der Waals surface area contributed by atoms with Gasteiger partial charge in [0.2, 0.25) is 0 Å². The quantitative estimate of drug-likeness (QED) is 0.819. The van der Waals surface area contributed by atoms with Gasteiger partial charge in [0, 0.05) is 18.0 Å². The van der Waals surface area contributed by atoms with Crippen LogP contribution >= 0.6 is 11.3 Å². The molecule has 20 heavy (non-hydrogen) atoms. The molecule has 1 heterocycles. The number of ether oxygens (including phenoxy) is 1. The van der Waals surface area contributed by atoms with E-state index in [-0.39, 0.29) is 6.03 Å². The summed E-state index contributed by atoms with van der Waals surface area (Å²) in [5, 5.41) is 3.38. The molecule has 1 rings (SSSR count). The first-order chi connectivity index (χ1) is 9.57. The molecular formula is C14H22N2O3S. The summed E-state index contributed by atoms with van der Waals surface area (Å²) in [7, 11) is 0. The third-order valence-electron chi connectivity index (χ3n) is 2.90. The molecule has 1 aromatic heterocycles. The van der Waals surface area contributed by atoms with Crippen LogP contribution in [0.1, 0.15) is 42.9 Å². The van der Waals surface area contributed by atoms with Gasteiger partial charge in [-0.15, -0.1) is 11.3 Å². The van der Waals surface area contributed by atoms with E-state index in [4.69, 9.17) is 4.74 Å². The zero-order chi connectivity index (χ0) is 15.1. The Morgan fingerprint density at radius 2 is 1.90 bits per heavy atom. The minimum Gasteiger partial charge on any atom is -0.462 e. The molecular weight excluding hydrogens is 276 g/mol. The molecule has 1 aromatic rings. The fourth-order valence-corrected chi connectivity index (χ4v) is 2.73. The van der Waals surface area contributed by atoms with Crippen molar-refractivity contribution in [1.82, 2.24) is 4.90 Å². The first-order valence-corrected chi connectivity index (χ1v) is 7.74. The van der Waals surface area contributed by atoms with Gasteiger partial charge in [0.1, 0.15) is 5.00 Å². The van der Waals surface area contributed by atoms with Gasteiger partial charge in [0.25, 0.3) is 0 Å². The number of carbonyl (C=O) groups is 2. The monoisotopic (exact) mass is 298 g/mol. The summed E-state index contributed by atoms with van der Waals surface area (Å²) in [4.78, 5) is 26.7. The minimum absolute atomic E-state index is 0.190. The lowest BCUT2D eigenvalue weighted by atomic mass is 10.2. The Bertz CT molecular complexity index is 467. The topological polar surface area (TPSA) is 58.6 Å². The van der Waals surface area contributed by atoms with Crippen LogP contribution in [0.5, 0.6) is 0 Å². The maximum absolute atomic E-state index is 12.1. The van der Waals surface area contributed by atoms with Crippen LogP contribution in [-0.4, -0.2) is 36.6 Å². The molecule has 0 bridgehead atoms. The molecule has 1 N–H and O–H groups in total. The first kappa shape index (κ1) is 16.5. The van der Waals surface area contributed by atoms with E-state index in [0.717, 1.165) is 11.3 Å². The fraction of sp³-hybridized carbons (Fsp3) is 0.571. The van der Waals surface area contributed by atoms with Crippen molar-refractivity contribution >= 4 is 28.3 Å². The number of urea groups is 1. The molecule has 0 aliphatic heterocycles. The lowest BCUT2D eigenvalue weighted by Crippen LogP contribution is -2.34. The maximum atomic E-state index is 12.1. The number of amides is 2.